The first kappa shape index (κ1) is 6.66. The number of fused-ring (bicyclic) bond motifs is 2. The molecule has 0 aromatic carbocycles. The molecule has 2 fully saturated rings. The van der Waals surface area contributed by atoms with Crippen LogP contribution in [0.1, 0.15) is 26.2 Å². The van der Waals surface area contributed by atoms with Crippen LogP contribution < -0.4 is 0 Å². The second kappa shape index (κ2) is 2.54. The highest BCUT2D eigenvalue weighted by atomic mass is 15.2. The van der Waals surface area contributed by atoms with E-state index in [2.05, 4.69) is 11.8 Å². The van der Waals surface area contributed by atoms with E-state index >= 15 is 0 Å². The Morgan fingerprint density at radius 2 is 2.30 bits per heavy atom. The SMILES string of the molecule is CCC1CC2CCN(C1)C2. The lowest BCUT2D eigenvalue weighted by atomic mass is 9.90. The zero-order valence-corrected chi connectivity index (χ0v) is 6.84. The third-order valence-corrected chi connectivity index (χ3v) is 3.13. The normalized spacial score (nSPS) is 45.9. The minimum atomic E-state index is 1.03. The van der Waals surface area contributed by atoms with E-state index in [4.69, 9.17) is 0 Å². The second-order valence-corrected chi connectivity index (χ2v) is 3.92. The zero-order chi connectivity index (χ0) is 6.97. The molecule has 2 saturated heterocycles. The van der Waals surface area contributed by atoms with Gasteiger partial charge in [0.25, 0.3) is 0 Å². The van der Waals surface area contributed by atoms with Crippen molar-refractivity contribution < 1.29 is 0 Å². The van der Waals surface area contributed by atoms with Crippen molar-refractivity contribution in [3.8, 4) is 0 Å². The Labute approximate surface area is 63.4 Å². The first-order valence-electron chi connectivity index (χ1n) is 4.61. The van der Waals surface area contributed by atoms with E-state index in [-0.39, 0.29) is 0 Å². The zero-order valence-electron chi connectivity index (χ0n) is 6.84. The molecule has 0 N–H and O–H groups in total. The van der Waals surface area contributed by atoms with E-state index in [1.165, 1.54) is 38.9 Å². The number of hydrogen-bond acceptors (Lipinski definition) is 1. The summed E-state index contributed by atoms with van der Waals surface area (Å²) in [5.41, 5.74) is 0. The first-order valence-corrected chi connectivity index (χ1v) is 4.61. The van der Waals surface area contributed by atoms with Gasteiger partial charge in [-0.2, -0.15) is 0 Å². The van der Waals surface area contributed by atoms with Crippen LogP contribution in [0.2, 0.25) is 0 Å². The van der Waals surface area contributed by atoms with Crippen LogP contribution in [0.15, 0.2) is 0 Å². The maximum Gasteiger partial charge on any atom is 0.00104 e. The highest BCUT2D eigenvalue weighted by molar-refractivity contribution is 4.84. The molecule has 3 atom stereocenters. The van der Waals surface area contributed by atoms with E-state index in [0.29, 0.717) is 0 Å². The average Bonchev–Trinajstić information content (AvgIpc) is 2.30. The fraction of sp³-hybridized carbons (Fsp3) is 1.00. The molecule has 0 spiro atoms. The molecule has 2 aliphatic rings. The summed E-state index contributed by atoms with van der Waals surface area (Å²) >= 11 is 0. The summed E-state index contributed by atoms with van der Waals surface area (Å²) in [4.78, 5) is 2.64. The topological polar surface area (TPSA) is 3.24 Å². The molecule has 0 radical (unpaired) electrons. The molecule has 58 valence electrons. The van der Waals surface area contributed by atoms with Crippen LogP contribution in [0, 0.1) is 11.8 Å². The van der Waals surface area contributed by atoms with Gasteiger partial charge in [-0.3, -0.25) is 0 Å². The van der Waals surface area contributed by atoms with Gasteiger partial charge in [0.2, 0.25) is 0 Å². The van der Waals surface area contributed by atoms with Crippen LogP contribution in [0.3, 0.4) is 0 Å². The molecule has 2 heterocycles. The largest absolute Gasteiger partial charge is 0.303 e. The van der Waals surface area contributed by atoms with Crippen molar-refractivity contribution in [1.29, 1.82) is 0 Å². The van der Waals surface area contributed by atoms with Crippen molar-refractivity contribution in [1.82, 2.24) is 4.90 Å². The first-order chi connectivity index (χ1) is 4.88. The summed E-state index contributed by atoms with van der Waals surface area (Å²) in [5, 5.41) is 0. The molecule has 10 heavy (non-hydrogen) atoms. The Bertz CT molecular complexity index is 110. The number of nitrogens with zero attached hydrogens (tertiary/aromatic N) is 1. The van der Waals surface area contributed by atoms with E-state index in [1.54, 1.807) is 0 Å². The van der Waals surface area contributed by atoms with Gasteiger partial charge >= 0.3 is 0 Å². The highest BCUT2D eigenvalue weighted by Crippen LogP contribution is 2.31. The molecule has 2 rings (SSSR count). The van der Waals surface area contributed by atoms with Crippen molar-refractivity contribution in [3.05, 3.63) is 0 Å². The summed E-state index contributed by atoms with van der Waals surface area (Å²) in [7, 11) is 0. The molecule has 0 saturated carbocycles. The lowest BCUT2D eigenvalue weighted by Gasteiger charge is -2.28. The van der Waals surface area contributed by atoms with Crippen molar-refractivity contribution in [2.45, 2.75) is 26.2 Å². The van der Waals surface area contributed by atoms with Crippen LogP contribution in [-0.4, -0.2) is 24.5 Å². The monoisotopic (exact) mass is 139 g/mol. The van der Waals surface area contributed by atoms with Crippen molar-refractivity contribution in [3.63, 3.8) is 0 Å². The fourth-order valence-electron chi connectivity index (χ4n) is 2.48. The molecule has 0 amide bonds. The maximum atomic E-state index is 2.64. The van der Waals surface area contributed by atoms with Crippen LogP contribution in [0.4, 0.5) is 0 Å². The third kappa shape index (κ3) is 1.07. The Hall–Kier alpha value is -0.0400. The van der Waals surface area contributed by atoms with Gasteiger partial charge in [0.05, 0.1) is 0 Å². The van der Waals surface area contributed by atoms with Gasteiger partial charge in [-0.15, -0.1) is 0 Å². The fourth-order valence-corrected chi connectivity index (χ4v) is 2.48. The lowest BCUT2D eigenvalue weighted by molar-refractivity contribution is 0.198. The van der Waals surface area contributed by atoms with E-state index in [1.807, 2.05) is 0 Å². The van der Waals surface area contributed by atoms with Gasteiger partial charge < -0.3 is 4.90 Å². The Kier molecular flexibility index (Phi) is 1.69. The molecule has 1 heteroatoms. The van der Waals surface area contributed by atoms with Crippen LogP contribution in [0.25, 0.3) is 0 Å². The number of rotatable bonds is 1. The molecule has 0 aromatic heterocycles. The number of hydrogen-bond donors (Lipinski definition) is 0. The van der Waals surface area contributed by atoms with Gasteiger partial charge in [-0.05, 0) is 31.2 Å². The van der Waals surface area contributed by atoms with Gasteiger partial charge in [-0.25, -0.2) is 0 Å². The van der Waals surface area contributed by atoms with Crippen molar-refractivity contribution in [2.75, 3.05) is 19.6 Å². The minimum absolute atomic E-state index is 1.03. The molecular formula is C9H17N. The van der Waals surface area contributed by atoms with E-state index < -0.39 is 0 Å². The maximum absolute atomic E-state index is 2.64. The molecule has 2 aliphatic heterocycles. The summed E-state index contributed by atoms with van der Waals surface area (Å²) in [6, 6.07) is 0. The molecule has 2 bridgehead atoms. The third-order valence-electron chi connectivity index (χ3n) is 3.13. The molecular weight excluding hydrogens is 122 g/mol. The highest BCUT2D eigenvalue weighted by Gasteiger charge is 2.30. The predicted molar refractivity (Wildman–Crippen MR) is 42.9 cm³/mol. The number of piperidine rings is 1. The lowest BCUT2D eigenvalue weighted by Crippen LogP contribution is -2.32. The Balaban J connectivity index is 1.96. The van der Waals surface area contributed by atoms with Gasteiger partial charge in [0.1, 0.15) is 0 Å². The van der Waals surface area contributed by atoms with Gasteiger partial charge in [0.15, 0.2) is 0 Å². The molecule has 0 aliphatic carbocycles. The summed E-state index contributed by atoms with van der Waals surface area (Å²) < 4.78 is 0. The van der Waals surface area contributed by atoms with Gasteiger partial charge in [-0.1, -0.05) is 13.3 Å². The average molecular weight is 139 g/mol. The summed E-state index contributed by atoms with van der Waals surface area (Å²) in [6.07, 6.45) is 4.40. The Morgan fingerprint density at radius 1 is 1.40 bits per heavy atom. The predicted octanol–water partition coefficient (Wildman–Crippen LogP) is 1.74. The second-order valence-electron chi connectivity index (χ2n) is 3.92. The molecule has 0 aromatic rings. The van der Waals surface area contributed by atoms with Crippen LogP contribution >= 0.6 is 0 Å². The van der Waals surface area contributed by atoms with E-state index in [9.17, 15) is 0 Å². The molecule has 3 unspecified atom stereocenters. The van der Waals surface area contributed by atoms with Crippen molar-refractivity contribution in [2.24, 2.45) is 11.8 Å². The van der Waals surface area contributed by atoms with Gasteiger partial charge in [0, 0.05) is 13.1 Å². The smallest absolute Gasteiger partial charge is 0.00104 e. The van der Waals surface area contributed by atoms with Crippen LogP contribution in [-0.2, 0) is 0 Å². The molecule has 1 nitrogen and oxygen atoms in total. The quantitative estimate of drug-likeness (QED) is 0.535. The van der Waals surface area contributed by atoms with Crippen LogP contribution in [0.5, 0.6) is 0 Å². The summed E-state index contributed by atoms with van der Waals surface area (Å²) in [6.45, 7) is 6.53. The summed E-state index contributed by atoms with van der Waals surface area (Å²) in [5.74, 6) is 2.10. The standard InChI is InChI=1S/C9H17N/c1-2-8-5-9-3-4-10(6-8)7-9/h8-9H,2-7H2,1H3. The minimum Gasteiger partial charge on any atom is -0.303 e. The van der Waals surface area contributed by atoms with Crippen molar-refractivity contribution >= 4 is 0 Å². The van der Waals surface area contributed by atoms with E-state index in [0.717, 1.165) is 11.8 Å². The Morgan fingerprint density at radius 3 is 3.00 bits per heavy atom.